The number of nitrogens with one attached hydrogen (secondary N) is 2. The van der Waals surface area contributed by atoms with E-state index in [0.717, 1.165) is 18.1 Å². The highest BCUT2D eigenvalue weighted by molar-refractivity contribution is 5.89. The first-order chi connectivity index (χ1) is 10.1. The Kier molecular flexibility index (Phi) is 7.60. The second-order valence-corrected chi connectivity index (χ2v) is 4.22. The van der Waals surface area contributed by atoms with Crippen molar-refractivity contribution < 1.29 is 19.4 Å². The molecule has 2 amide bonds. The monoisotopic (exact) mass is 292 g/mol. The highest BCUT2D eigenvalue weighted by atomic mass is 16.5. The van der Waals surface area contributed by atoms with E-state index in [1.54, 1.807) is 24.3 Å². The Bertz CT molecular complexity index is 483. The summed E-state index contributed by atoms with van der Waals surface area (Å²) in [4.78, 5) is 22.0. The number of hydrogen-bond donors (Lipinski definition) is 3. The molecule has 0 aliphatic carbocycles. The molecule has 21 heavy (non-hydrogen) atoms. The zero-order chi connectivity index (χ0) is 15.5. The molecular weight excluding hydrogens is 272 g/mol. The maximum absolute atomic E-state index is 11.6. The molecule has 0 radical (unpaired) electrons. The number of carboxylic acid groups (broad SMARTS) is 1. The van der Waals surface area contributed by atoms with Crippen molar-refractivity contribution in [3.8, 4) is 0 Å². The molecule has 6 nitrogen and oxygen atoms in total. The molecule has 0 unspecified atom stereocenters. The first-order valence-corrected chi connectivity index (χ1v) is 6.75. The number of benzene rings is 1. The first-order valence-electron chi connectivity index (χ1n) is 6.75. The van der Waals surface area contributed by atoms with Gasteiger partial charge in [-0.2, -0.15) is 0 Å². The maximum Gasteiger partial charge on any atom is 0.328 e. The van der Waals surface area contributed by atoms with Gasteiger partial charge in [0.15, 0.2) is 0 Å². The Labute approximate surface area is 123 Å². The first kappa shape index (κ1) is 16.7. The minimum atomic E-state index is -0.997. The van der Waals surface area contributed by atoms with Crippen LogP contribution >= 0.6 is 0 Å². The average Bonchev–Trinajstić information content (AvgIpc) is 2.46. The molecule has 0 atom stereocenters. The zero-order valence-corrected chi connectivity index (χ0v) is 12.0. The second-order valence-electron chi connectivity index (χ2n) is 4.22. The van der Waals surface area contributed by atoms with Crippen LogP contribution in [0.1, 0.15) is 18.9 Å². The molecule has 6 heteroatoms. The van der Waals surface area contributed by atoms with Crippen LogP contribution in [0.15, 0.2) is 30.3 Å². The molecular formula is C15H20N2O4. The number of urea groups is 1. The Hall–Kier alpha value is -2.34. The van der Waals surface area contributed by atoms with Gasteiger partial charge in [-0.15, -0.1) is 0 Å². The minimum Gasteiger partial charge on any atom is -0.478 e. The lowest BCUT2D eigenvalue weighted by atomic mass is 10.2. The summed E-state index contributed by atoms with van der Waals surface area (Å²) in [5.74, 6) is -0.997. The maximum atomic E-state index is 11.6. The van der Waals surface area contributed by atoms with Gasteiger partial charge in [-0.3, -0.25) is 0 Å². The van der Waals surface area contributed by atoms with Crippen molar-refractivity contribution in [1.82, 2.24) is 5.32 Å². The Balaban J connectivity index is 2.34. The summed E-state index contributed by atoms with van der Waals surface area (Å²) in [5.41, 5.74) is 1.39. The molecule has 0 saturated heterocycles. The van der Waals surface area contributed by atoms with E-state index in [9.17, 15) is 9.59 Å². The Morgan fingerprint density at radius 1 is 1.29 bits per heavy atom. The smallest absolute Gasteiger partial charge is 0.328 e. The third-order valence-corrected chi connectivity index (χ3v) is 2.54. The minimum absolute atomic E-state index is 0.277. The normalized spacial score (nSPS) is 10.5. The van der Waals surface area contributed by atoms with E-state index in [1.807, 2.05) is 6.92 Å². The quantitative estimate of drug-likeness (QED) is 0.507. The molecule has 3 N–H and O–H groups in total. The van der Waals surface area contributed by atoms with E-state index in [0.29, 0.717) is 25.4 Å². The Morgan fingerprint density at radius 2 is 2.00 bits per heavy atom. The number of rotatable bonds is 8. The van der Waals surface area contributed by atoms with Gasteiger partial charge in [-0.25, -0.2) is 9.59 Å². The second kappa shape index (κ2) is 9.55. The summed E-state index contributed by atoms with van der Waals surface area (Å²) in [5, 5.41) is 13.9. The van der Waals surface area contributed by atoms with Crippen LogP contribution < -0.4 is 10.6 Å². The van der Waals surface area contributed by atoms with Crippen molar-refractivity contribution in [2.45, 2.75) is 13.3 Å². The van der Waals surface area contributed by atoms with E-state index in [4.69, 9.17) is 9.84 Å². The molecule has 0 fully saturated rings. The van der Waals surface area contributed by atoms with Crippen molar-refractivity contribution in [2.24, 2.45) is 0 Å². The summed E-state index contributed by atoms with van der Waals surface area (Å²) in [6.45, 7) is 3.77. The fourth-order valence-electron chi connectivity index (χ4n) is 1.54. The number of carboxylic acids is 1. The molecule has 0 heterocycles. The highest BCUT2D eigenvalue weighted by Crippen LogP contribution is 2.10. The number of hydrogen-bond acceptors (Lipinski definition) is 3. The third-order valence-electron chi connectivity index (χ3n) is 2.54. The van der Waals surface area contributed by atoms with Gasteiger partial charge in [0.25, 0.3) is 0 Å². The van der Waals surface area contributed by atoms with Gasteiger partial charge < -0.3 is 20.5 Å². The van der Waals surface area contributed by atoms with Crippen LogP contribution in [0.2, 0.25) is 0 Å². The van der Waals surface area contributed by atoms with Crippen molar-refractivity contribution in [3.05, 3.63) is 35.9 Å². The number of carbonyl (C=O) groups excluding carboxylic acids is 1. The molecule has 0 aliphatic rings. The number of ether oxygens (including phenoxy) is 1. The number of anilines is 1. The molecule has 1 aromatic rings. The van der Waals surface area contributed by atoms with Gasteiger partial charge in [-0.05, 0) is 37.1 Å². The van der Waals surface area contributed by atoms with E-state index >= 15 is 0 Å². The lowest BCUT2D eigenvalue weighted by Gasteiger charge is -2.07. The predicted octanol–water partition coefficient (Wildman–Crippen LogP) is 2.33. The fourth-order valence-corrected chi connectivity index (χ4v) is 1.54. The molecule has 0 aliphatic heterocycles. The average molecular weight is 292 g/mol. The third kappa shape index (κ3) is 7.74. The van der Waals surface area contributed by atoms with Crippen LogP contribution in [-0.2, 0) is 9.53 Å². The number of aliphatic carboxylic acids is 1. The summed E-state index contributed by atoms with van der Waals surface area (Å²) < 4.78 is 5.17. The van der Waals surface area contributed by atoms with E-state index in [-0.39, 0.29) is 6.03 Å². The van der Waals surface area contributed by atoms with Crippen molar-refractivity contribution in [1.29, 1.82) is 0 Å². The van der Waals surface area contributed by atoms with Crippen LogP contribution in [0.25, 0.3) is 6.08 Å². The SMILES string of the molecule is CCOCCCNC(=O)Nc1ccc(/C=C/C(=O)O)cc1. The van der Waals surface area contributed by atoms with Crippen LogP contribution in [-0.4, -0.2) is 36.9 Å². The van der Waals surface area contributed by atoms with Gasteiger partial charge in [0.05, 0.1) is 0 Å². The topological polar surface area (TPSA) is 87.7 Å². The number of amides is 2. The van der Waals surface area contributed by atoms with Crippen LogP contribution in [0.4, 0.5) is 10.5 Å². The zero-order valence-electron chi connectivity index (χ0n) is 12.0. The van der Waals surface area contributed by atoms with Gasteiger partial charge >= 0.3 is 12.0 Å². The van der Waals surface area contributed by atoms with Crippen molar-refractivity contribution >= 4 is 23.8 Å². The standard InChI is InChI=1S/C15H20N2O4/c1-2-21-11-3-10-16-15(20)17-13-7-4-12(5-8-13)6-9-14(18)19/h4-9H,2-3,10-11H2,1H3,(H,18,19)(H2,16,17,20)/b9-6+. The lowest BCUT2D eigenvalue weighted by molar-refractivity contribution is -0.131. The van der Waals surface area contributed by atoms with E-state index < -0.39 is 5.97 Å². The molecule has 0 aromatic heterocycles. The number of carbonyl (C=O) groups is 2. The molecule has 114 valence electrons. The molecule has 1 aromatic carbocycles. The lowest BCUT2D eigenvalue weighted by Crippen LogP contribution is -2.30. The molecule has 0 spiro atoms. The highest BCUT2D eigenvalue weighted by Gasteiger charge is 2.00. The summed E-state index contributed by atoms with van der Waals surface area (Å²) >= 11 is 0. The van der Waals surface area contributed by atoms with Gasteiger partial charge in [0.1, 0.15) is 0 Å². The largest absolute Gasteiger partial charge is 0.478 e. The van der Waals surface area contributed by atoms with E-state index in [2.05, 4.69) is 10.6 Å². The van der Waals surface area contributed by atoms with Crippen LogP contribution in [0.5, 0.6) is 0 Å². The Morgan fingerprint density at radius 3 is 2.62 bits per heavy atom. The van der Waals surface area contributed by atoms with Crippen molar-refractivity contribution in [3.63, 3.8) is 0 Å². The molecule has 1 rings (SSSR count). The van der Waals surface area contributed by atoms with E-state index in [1.165, 1.54) is 6.08 Å². The van der Waals surface area contributed by atoms with Gasteiger partial charge in [0, 0.05) is 31.5 Å². The van der Waals surface area contributed by atoms with Crippen molar-refractivity contribution in [2.75, 3.05) is 25.1 Å². The van der Waals surface area contributed by atoms with Gasteiger partial charge in [-0.1, -0.05) is 12.1 Å². The molecule has 0 bridgehead atoms. The predicted molar refractivity (Wildman–Crippen MR) is 81.2 cm³/mol. The molecule has 0 saturated carbocycles. The van der Waals surface area contributed by atoms with Gasteiger partial charge in [0.2, 0.25) is 0 Å². The summed E-state index contributed by atoms with van der Waals surface area (Å²) in [7, 11) is 0. The fraction of sp³-hybridized carbons (Fsp3) is 0.333. The summed E-state index contributed by atoms with van der Waals surface area (Å²) in [6.07, 6.45) is 3.31. The van der Waals surface area contributed by atoms with Crippen LogP contribution in [0.3, 0.4) is 0 Å². The van der Waals surface area contributed by atoms with Crippen LogP contribution in [0, 0.1) is 0 Å². The summed E-state index contributed by atoms with van der Waals surface area (Å²) in [6, 6.07) is 6.59.